The molecule has 128 valence electrons. The second-order valence-electron chi connectivity index (χ2n) is 6.25. The van der Waals surface area contributed by atoms with Crippen LogP contribution in [0, 0.1) is 0 Å². The molecular formula is C16H24KN3O3S. The van der Waals surface area contributed by atoms with E-state index in [2.05, 4.69) is 16.1 Å². The zero-order valence-electron chi connectivity index (χ0n) is 15.2. The van der Waals surface area contributed by atoms with E-state index in [4.69, 9.17) is 5.73 Å². The molecule has 2 aliphatic carbocycles. The van der Waals surface area contributed by atoms with E-state index in [0.29, 0.717) is 6.42 Å². The SMILES string of the molecule is NCCCS(=O)(=O)NC(=O)Nc1c2c(cc3c1CCC3)CCC2.[H-].[K+]. The molecule has 3 rings (SSSR count). The van der Waals surface area contributed by atoms with E-state index in [1.807, 2.05) is 0 Å². The molecule has 2 aliphatic rings. The molecule has 8 heteroatoms. The molecule has 0 spiro atoms. The number of carbonyl (C=O) groups excluding carboxylic acids is 1. The minimum atomic E-state index is -3.63. The van der Waals surface area contributed by atoms with Crippen LogP contribution in [0.4, 0.5) is 10.5 Å². The number of hydrogen-bond acceptors (Lipinski definition) is 4. The van der Waals surface area contributed by atoms with E-state index in [0.717, 1.165) is 44.2 Å². The third-order valence-corrected chi connectivity index (χ3v) is 5.90. The van der Waals surface area contributed by atoms with Gasteiger partial charge >= 0.3 is 57.4 Å². The number of anilines is 1. The normalized spacial score (nSPS) is 15.4. The van der Waals surface area contributed by atoms with Crippen LogP contribution < -0.4 is 67.2 Å². The molecule has 0 aromatic heterocycles. The Hall–Kier alpha value is 0.0364. The average molecular weight is 378 g/mol. The summed E-state index contributed by atoms with van der Waals surface area (Å²) in [7, 11) is -3.63. The number of aryl methyl sites for hydroxylation is 2. The van der Waals surface area contributed by atoms with Crippen molar-refractivity contribution >= 4 is 21.7 Å². The first-order chi connectivity index (χ1) is 11.0. The Morgan fingerprint density at radius 3 is 2.25 bits per heavy atom. The second-order valence-corrected chi connectivity index (χ2v) is 8.09. The van der Waals surface area contributed by atoms with E-state index in [9.17, 15) is 13.2 Å². The van der Waals surface area contributed by atoms with E-state index in [1.54, 1.807) is 0 Å². The van der Waals surface area contributed by atoms with Crippen LogP contribution in [0.3, 0.4) is 0 Å². The minimum Gasteiger partial charge on any atom is -1.00 e. The zero-order chi connectivity index (χ0) is 16.4. The molecule has 0 aliphatic heterocycles. The van der Waals surface area contributed by atoms with Crippen molar-refractivity contribution in [2.75, 3.05) is 17.6 Å². The van der Waals surface area contributed by atoms with Crippen LogP contribution in [-0.4, -0.2) is 26.7 Å². The van der Waals surface area contributed by atoms with Gasteiger partial charge in [0, 0.05) is 5.69 Å². The van der Waals surface area contributed by atoms with Gasteiger partial charge in [-0.15, -0.1) is 0 Å². The van der Waals surface area contributed by atoms with Crippen LogP contribution in [0.25, 0.3) is 0 Å². The maximum absolute atomic E-state index is 12.2. The molecule has 24 heavy (non-hydrogen) atoms. The summed E-state index contributed by atoms with van der Waals surface area (Å²) < 4.78 is 25.7. The third-order valence-electron chi connectivity index (χ3n) is 4.58. The number of hydrogen-bond donors (Lipinski definition) is 3. The number of nitrogens with two attached hydrogens (primary N) is 1. The van der Waals surface area contributed by atoms with Gasteiger partial charge in [0.2, 0.25) is 10.0 Å². The van der Waals surface area contributed by atoms with E-state index >= 15 is 0 Å². The Morgan fingerprint density at radius 1 is 1.12 bits per heavy atom. The molecule has 0 bridgehead atoms. The average Bonchev–Trinajstić information content (AvgIpc) is 3.12. The predicted octanol–water partition coefficient (Wildman–Crippen LogP) is -1.42. The number of benzene rings is 1. The fraction of sp³-hybridized carbons (Fsp3) is 0.562. The van der Waals surface area contributed by atoms with Gasteiger partial charge in [-0.1, -0.05) is 6.07 Å². The molecule has 4 N–H and O–H groups in total. The molecule has 1 aromatic carbocycles. The summed E-state index contributed by atoms with van der Waals surface area (Å²) in [5, 5.41) is 2.81. The molecule has 0 saturated carbocycles. The molecule has 0 heterocycles. The summed E-state index contributed by atoms with van der Waals surface area (Å²) in [5.41, 5.74) is 11.1. The standard InChI is InChI=1S/C16H23N3O3S.K.H/c17-8-3-9-23(21,22)19-16(20)18-15-13-6-1-4-11(13)10-12-5-2-7-14(12)15;;/h10H,1-9,17H2,(H2,18,19,20);;/q;+1;-1. The second kappa shape index (κ2) is 8.61. The van der Waals surface area contributed by atoms with Crippen LogP contribution in [0.5, 0.6) is 0 Å². The Morgan fingerprint density at radius 2 is 1.71 bits per heavy atom. The van der Waals surface area contributed by atoms with Gasteiger partial charge in [-0.25, -0.2) is 17.9 Å². The summed E-state index contributed by atoms with van der Waals surface area (Å²) in [6, 6.07) is 1.60. The van der Waals surface area contributed by atoms with Gasteiger partial charge in [0.25, 0.3) is 0 Å². The molecule has 2 amide bonds. The molecule has 6 nitrogen and oxygen atoms in total. The first-order valence-corrected chi connectivity index (χ1v) is 9.83. The Bertz CT molecular complexity index is 708. The molecule has 1 aromatic rings. The zero-order valence-corrected chi connectivity index (χ0v) is 18.1. The Balaban J connectivity index is 0.00000156. The number of carbonyl (C=O) groups is 1. The van der Waals surface area contributed by atoms with Crippen molar-refractivity contribution in [1.82, 2.24) is 4.72 Å². The smallest absolute Gasteiger partial charge is 1.00 e. The maximum Gasteiger partial charge on any atom is 1.00 e. The van der Waals surface area contributed by atoms with E-state index in [1.165, 1.54) is 22.3 Å². The van der Waals surface area contributed by atoms with E-state index < -0.39 is 16.1 Å². The molecule has 0 atom stereocenters. The molecule has 0 fully saturated rings. The van der Waals surface area contributed by atoms with Crippen molar-refractivity contribution in [3.05, 3.63) is 28.3 Å². The predicted molar refractivity (Wildman–Crippen MR) is 91.2 cm³/mol. The van der Waals surface area contributed by atoms with Gasteiger partial charge in [-0.05, 0) is 73.7 Å². The first-order valence-electron chi connectivity index (χ1n) is 8.18. The number of sulfonamides is 1. The molecule has 0 unspecified atom stereocenters. The van der Waals surface area contributed by atoms with Crippen molar-refractivity contribution in [2.24, 2.45) is 5.73 Å². The fourth-order valence-corrected chi connectivity index (χ4v) is 4.55. The van der Waals surface area contributed by atoms with Crippen molar-refractivity contribution in [1.29, 1.82) is 0 Å². The van der Waals surface area contributed by atoms with Crippen molar-refractivity contribution in [3.63, 3.8) is 0 Å². The van der Waals surface area contributed by atoms with Gasteiger partial charge in [0.05, 0.1) is 5.75 Å². The summed E-state index contributed by atoms with van der Waals surface area (Å²) in [5.74, 6) is -0.137. The topological polar surface area (TPSA) is 101 Å². The molecule has 0 saturated heterocycles. The van der Waals surface area contributed by atoms with Crippen molar-refractivity contribution in [2.45, 2.75) is 44.9 Å². The summed E-state index contributed by atoms with van der Waals surface area (Å²) in [6.07, 6.45) is 6.46. The van der Waals surface area contributed by atoms with Gasteiger partial charge in [0.15, 0.2) is 0 Å². The number of rotatable bonds is 5. The van der Waals surface area contributed by atoms with Gasteiger partial charge in [-0.2, -0.15) is 0 Å². The largest absolute Gasteiger partial charge is 1.00 e. The number of nitrogens with one attached hydrogen (secondary N) is 2. The van der Waals surface area contributed by atoms with Gasteiger partial charge < -0.3 is 12.5 Å². The third kappa shape index (κ3) is 4.60. The number of amides is 2. The van der Waals surface area contributed by atoms with Crippen LogP contribution in [-0.2, 0) is 35.7 Å². The monoisotopic (exact) mass is 377 g/mol. The Kier molecular flexibility index (Phi) is 7.30. The first kappa shape index (κ1) is 20.3. The summed E-state index contributed by atoms with van der Waals surface area (Å²) in [6.45, 7) is 0.280. The number of urea groups is 1. The number of fused-ring (bicyclic) bond motifs is 2. The van der Waals surface area contributed by atoms with Gasteiger partial charge in [0.1, 0.15) is 0 Å². The quantitative estimate of drug-likeness (QED) is 0.548. The van der Waals surface area contributed by atoms with Crippen LogP contribution in [0.1, 0.15) is 42.9 Å². The van der Waals surface area contributed by atoms with Gasteiger partial charge in [-0.3, -0.25) is 0 Å². The minimum absolute atomic E-state index is 0. The van der Waals surface area contributed by atoms with Crippen molar-refractivity contribution in [3.8, 4) is 0 Å². The van der Waals surface area contributed by atoms with E-state index in [-0.39, 0.29) is 65.1 Å². The Labute approximate surface area is 187 Å². The van der Waals surface area contributed by atoms with Crippen LogP contribution in [0.15, 0.2) is 6.07 Å². The van der Waals surface area contributed by atoms with Crippen molar-refractivity contribution < 1.29 is 66.0 Å². The molecular weight excluding hydrogens is 353 g/mol. The molecule has 0 radical (unpaired) electrons. The maximum atomic E-state index is 12.2. The van der Waals surface area contributed by atoms with Crippen LogP contribution in [0.2, 0.25) is 0 Å². The van der Waals surface area contributed by atoms with Crippen LogP contribution >= 0.6 is 0 Å². The summed E-state index contributed by atoms with van der Waals surface area (Å²) in [4.78, 5) is 12.2. The fourth-order valence-electron chi connectivity index (χ4n) is 3.57. The summed E-state index contributed by atoms with van der Waals surface area (Å²) >= 11 is 0.